The third-order valence-corrected chi connectivity index (χ3v) is 4.94. The molecule has 2 aromatic carbocycles. The average Bonchev–Trinajstić information content (AvgIpc) is 2.67. The second-order valence-corrected chi connectivity index (χ2v) is 6.70. The van der Waals surface area contributed by atoms with E-state index in [0.717, 1.165) is 25.1 Å². The zero-order valence-electron chi connectivity index (χ0n) is 15.5. The van der Waals surface area contributed by atoms with Crippen LogP contribution < -0.4 is 10.2 Å². The number of hydrogen-bond acceptors (Lipinski definition) is 2. The first-order chi connectivity index (χ1) is 12.6. The SMILES string of the molecule is CCc1cccc(C)c1N1CCN(C(=O)NCc2ccc(F)cc2)CC1. The predicted octanol–water partition coefficient (Wildman–Crippen LogP) is 3.73. The zero-order chi connectivity index (χ0) is 18.5. The van der Waals surface area contributed by atoms with E-state index in [1.807, 2.05) is 4.90 Å². The van der Waals surface area contributed by atoms with Crippen LogP contribution in [0, 0.1) is 12.7 Å². The lowest BCUT2D eigenvalue weighted by atomic mass is 10.0. The number of aryl methyl sites for hydroxylation is 2. The summed E-state index contributed by atoms with van der Waals surface area (Å²) < 4.78 is 12.9. The highest BCUT2D eigenvalue weighted by atomic mass is 19.1. The van der Waals surface area contributed by atoms with Crippen molar-refractivity contribution >= 4 is 11.7 Å². The molecule has 1 fully saturated rings. The molecule has 2 amide bonds. The molecule has 4 nitrogen and oxygen atoms in total. The highest BCUT2D eigenvalue weighted by Gasteiger charge is 2.23. The van der Waals surface area contributed by atoms with Crippen molar-refractivity contribution in [3.05, 3.63) is 65.0 Å². The van der Waals surface area contributed by atoms with E-state index in [1.54, 1.807) is 12.1 Å². The van der Waals surface area contributed by atoms with Gasteiger partial charge in [0.2, 0.25) is 0 Å². The van der Waals surface area contributed by atoms with Gasteiger partial charge >= 0.3 is 6.03 Å². The summed E-state index contributed by atoms with van der Waals surface area (Å²) in [4.78, 5) is 16.6. The maximum absolute atomic E-state index is 12.9. The summed E-state index contributed by atoms with van der Waals surface area (Å²) in [7, 11) is 0. The molecular weight excluding hydrogens is 329 g/mol. The Balaban J connectivity index is 1.55. The van der Waals surface area contributed by atoms with E-state index >= 15 is 0 Å². The molecule has 1 aliphatic rings. The number of amides is 2. The number of para-hydroxylation sites is 1. The van der Waals surface area contributed by atoms with Crippen LogP contribution >= 0.6 is 0 Å². The van der Waals surface area contributed by atoms with Crippen molar-refractivity contribution in [2.45, 2.75) is 26.8 Å². The fraction of sp³-hybridized carbons (Fsp3) is 0.381. The first-order valence-corrected chi connectivity index (χ1v) is 9.19. The fourth-order valence-corrected chi connectivity index (χ4v) is 3.48. The van der Waals surface area contributed by atoms with Crippen molar-refractivity contribution in [3.8, 4) is 0 Å². The van der Waals surface area contributed by atoms with Gasteiger partial charge < -0.3 is 15.1 Å². The molecule has 0 aromatic heterocycles. The van der Waals surface area contributed by atoms with Crippen LogP contribution in [0.2, 0.25) is 0 Å². The first kappa shape index (κ1) is 18.2. The van der Waals surface area contributed by atoms with Crippen LogP contribution in [-0.2, 0) is 13.0 Å². The Morgan fingerprint density at radius 1 is 1.08 bits per heavy atom. The Morgan fingerprint density at radius 2 is 1.77 bits per heavy atom. The van der Waals surface area contributed by atoms with Gasteiger partial charge in [-0.25, -0.2) is 9.18 Å². The number of nitrogens with one attached hydrogen (secondary N) is 1. The minimum absolute atomic E-state index is 0.0607. The Kier molecular flexibility index (Phi) is 5.76. The van der Waals surface area contributed by atoms with Crippen molar-refractivity contribution in [2.75, 3.05) is 31.1 Å². The molecule has 1 N–H and O–H groups in total. The molecule has 0 atom stereocenters. The van der Waals surface area contributed by atoms with E-state index in [-0.39, 0.29) is 11.8 Å². The lowest BCUT2D eigenvalue weighted by Gasteiger charge is -2.37. The Hall–Kier alpha value is -2.56. The monoisotopic (exact) mass is 355 g/mol. The van der Waals surface area contributed by atoms with Crippen LogP contribution in [0.25, 0.3) is 0 Å². The van der Waals surface area contributed by atoms with Crippen molar-refractivity contribution in [1.29, 1.82) is 0 Å². The largest absolute Gasteiger partial charge is 0.368 e. The standard InChI is InChI=1S/C21H26FN3O/c1-3-18-6-4-5-16(2)20(18)24-11-13-25(14-12-24)21(26)23-15-17-7-9-19(22)10-8-17/h4-10H,3,11-15H2,1-2H3,(H,23,26). The smallest absolute Gasteiger partial charge is 0.317 e. The van der Waals surface area contributed by atoms with E-state index in [4.69, 9.17) is 0 Å². The third kappa shape index (κ3) is 4.15. The summed E-state index contributed by atoms with van der Waals surface area (Å²) in [6.45, 7) is 7.81. The van der Waals surface area contributed by atoms with Crippen LogP contribution in [0.15, 0.2) is 42.5 Å². The zero-order valence-corrected chi connectivity index (χ0v) is 15.5. The maximum Gasteiger partial charge on any atom is 0.317 e. The van der Waals surface area contributed by atoms with Gasteiger partial charge in [0, 0.05) is 38.4 Å². The van der Waals surface area contributed by atoms with Gasteiger partial charge in [0.05, 0.1) is 0 Å². The number of carbonyl (C=O) groups excluding carboxylic acids is 1. The number of rotatable bonds is 4. The fourth-order valence-electron chi connectivity index (χ4n) is 3.48. The van der Waals surface area contributed by atoms with E-state index in [1.165, 1.54) is 28.9 Å². The van der Waals surface area contributed by atoms with Gasteiger partial charge in [0.15, 0.2) is 0 Å². The molecular formula is C21H26FN3O. The van der Waals surface area contributed by atoms with Gasteiger partial charge in [-0.2, -0.15) is 0 Å². The first-order valence-electron chi connectivity index (χ1n) is 9.19. The number of nitrogens with zero attached hydrogens (tertiary/aromatic N) is 2. The van der Waals surface area contributed by atoms with E-state index in [9.17, 15) is 9.18 Å². The molecule has 26 heavy (non-hydrogen) atoms. The quantitative estimate of drug-likeness (QED) is 0.907. The van der Waals surface area contributed by atoms with E-state index < -0.39 is 0 Å². The van der Waals surface area contributed by atoms with Crippen LogP contribution in [0.1, 0.15) is 23.6 Å². The minimum atomic E-state index is -0.265. The molecule has 0 spiro atoms. The maximum atomic E-state index is 12.9. The van der Waals surface area contributed by atoms with Crippen LogP contribution in [0.5, 0.6) is 0 Å². The van der Waals surface area contributed by atoms with Gasteiger partial charge in [-0.1, -0.05) is 37.3 Å². The van der Waals surface area contributed by atoms with Crippen molar-refractivity contribution in [3.63, 3.8) is 0 Å². The molecule has 1 aliphatic heterocycles. The minimum Gasteiger partial charge on any atom is -0.368 e. The summed E-state index contributed by atoms with van der Waals surface area (Å²) in [5.74, 6) is -0.265. The average molecular weight is 355 g/mol. The van der Waals surface area contributed by atoms with Crippen LogP contribution in [0.3, 0.4) is 0 Å². The van der Waals surface area contributed by atoms with Gasteiger partial charge in [-0.15, -0.1) is 0 Å². The lowest BCUT2D eigenvalue weighted by molar-refractivity contribution is 0.194. The summed E-state index contributed by atoms with van der Waals surface area (Å²) in [6, 6.07) is 12.6. The normalized spacial score (nSPS) is 14.4. The molecule has 0 saturated carbocycles. The van der Waals surface area contributed by atoms with E-state index in [2.05, 4.69) is 42.3 Å². The molecule has 0 unspecified atom stereocenters. The molecule has 2 aromatic rings. The third-order valence-electron chi connectivity index (χ3n) is 4.94. The van der Waals surface area contributed by atoms with Crippen LogP contribution in [-0.4, -0.2) is 37.1 Å². The Bertz CT molecular complexity index is 752. The van der Waals surface area contributed by atoms with Crippen molar-refractivity contribution in [1.82, 2.24) is 10.2 Å². The van der Waals surface area contributed by atoms with Gasteiger partial charge in [-0.3, -0.25) is 0 Å². The number of benzene rings is 2. The van der Waals surface area contributed by atoms with Gasteiger partial charge in [0.1, 0.15) is 5.82 Å². The predicted molar refractivity (Wildman–Crippen MR) is 103 cm³/mol. The second kappa shape index (κ2) is 8.21. The molecule has 0 radical (unpaired) electrons. The Labute approximate surface area is 154 Å². The highest BCUT2D eigenvalue weighted by molar-refractivity contribution is 5.74. The summed E-state index contributed by atoms with van der Waals surface area (Å²) >= 11 is 0. The second-order valence-electron chi connectivity index (χ2n) is 6.70. The van der Waals surface area contributed by atoms with E-state index in [0.29, 0.717) is 19.6 Å². The van der Waals surface area contributed by atoms with Crippen molar-refractivity contribution in [2.24, 2.45) is 0 Å². The number of hydrogen-bond donors (Lipinski definition) is 1. The molecule has 1 heterocycles. The summed E-state index contributed by atoms with van der Waals surface area (Å²) in [6.07, 6.45) is 1.01. The molecule has 0 bridgehead atoms. The number of carbonyl (C=O) groups is 1. The van der Waals surface area contributed by atoms with Crippen molar-refractivity contribution < 1.29 is 9.18 Å². The molecule has 5 heteroatoms. The topological polar surface area (TPSA) is 35.6 Å². The summed E-state index contributed by atoms with van der Waals surface area (Å²) in [5.41, 5.74) is 4.87. The number of piperazine rings is 1. The van der Waals surface area contributed by atoms with Gasteiger partial charge in [-0.05, 0) is 42.2 Å². The number of urea groups is 1. The Morgan fingerprint density at radius 3 is 2.42 bits per heavy atom. The molecule has 1 saturated heterocycles. The number of halogens is 1. The van der Waals surface area contributed by atoms with Crippen LogP contribution in [0.4, 0.5) is 14.9 Å². The number of anilines is 1. The highest BCUT2D eigenvalue weighted by Crippen LogP contribution is 2.26. The lowest BCUT2D eigenvalue weighted by Crippen LogP contribution is -2.52. The molecule has 3 rings (SSSR count). The molecule has 138 valence electrons. The molecule has 0 aliphatic carbocycles. The van der Waals surface area contributed by atoms with Gasteiger partial charge in [0.25, 0.3) is 0 Å². The summed E-state index contributed by atoms with van der Waals surface area (Å²) in [5, 5.41) is 2.92.